The summed E-state index contributed by atoms with van der Waals surface area (Å²) in [5, 5.41) is 5.18. The number of sulfonamides is 1. The number of rotatable bonds is 5. The van der Waals surface area contributed by atoms with Gasteiger partial charge in [0, 0.05) is 5.69 Å². The van der Waals surface area contributed by atoms with E-state index in [9.17, 15) is 8.42 Å². The highest BCUT2D eigenvalue weighted by molar-refractivity contribution is 7.92. The minimum absolute atomic E-state index is 0.126. The molecule has 2 aromatic heterocycles. The number of fused-ring (bicyclic) bond motifs is 1. The quantitative estimate of drug-likeness (QED) is 0.767. The van der Waals surface area contributed by atoms with Crippen LogP contribution in [0.2, 0.25) is 0 Å². The van der Waals surface area contributed by atoms with Crippen molar-refractivity contribution in [2.75, 3.05) is 4.72 Å². The predicted molar refractivity (Wildman–Crippen MR) is 91.6 cm³/mol. The molecule has 1 aromatic carbocycles. The second kappa shape index (κ2) is 5.93. The first kappa shape index (κ1) is 15.9. The van der Waals surface area contributed by atoms with Crippen LogP contribution in [0.5, 0.6) is 0 Å². The van der Waals surface area contributed by atoms with E-state index in [0.29, 0.717) is 22.8 Å². The molecule has 0 fully saturated rings. The third-order valence-corrected chi connectivity index (χ3v) is 5.75. The third kappa shape index (κ3) is 2.96. The third-order valence-electron chi connectivity index (χ3n) is 3.51. The summed E-state index contributed by atoms with van der Waals surface area (Å²) in [6.45, 7) is 5.75. The van der Waals surface area contributed by atoms with Crippen molar-refractivity contribution in [2.24, 2.45) is 0 Å². The van der Waals surface area contributed by atoms with Crippen LogP contribution in [0.25, 0.3) is 4.96 Å². The lowest BCUT2D eigenvalue weighted by Crippen LogP contribution is -2.17. The molecule has 0 atom stereocenters. The van der Waals surface area contributed by atoms with Gasteiger partial charge >= 0.3 is 0 Å². The Morgan fingerprint density at radius 2 is 2.04 bits per heavy atom. The molecule has 0 amide bonds. The maximum Gasteiger partial charge on any atom is 0.281 e. The summed E-state index contributed by atoms with van der Waals surface area (Å²) < 4.78 is 29.8. The molecule has 0 aliphatic rings. The molecule has 0 saturated heterocycles. The number of hydrogen-bond donors (Lipinski definition) is 1. The Kier molecular flexibility index (Phi) is 4.11. The molecule has 122 valence electrons. The Balaban J connectivity index is 2.08. The van der Waals surface area contributed by atoms with E-state index in [1.54, 1.807) is 6.07 Å². The molecule has 0 aliphatic carbocycles. The molecule has 3 rings (SSSR count). The topological polar surface area (TPSA) is 76.4 Å². The first-order valence-corrected chi connectivity index (χ1v) is 9.71. The number of aromatic nitrogens is 3. The van der Waals surface area contributed by atoms with Gasteiger partial charge in [0.1, 0.15) is 5.01 Å². The first-order chi connectivity index (χ1) is 10.9. The number of hydrogen-bond acceptors (Lipinski definition) is 5. The molecule has 23 heavy (non-hydrogen) atoms. The van der Waals surface area contributed by atoms with E-state index in [4.69, 9.17) is 0 Å². The summed E-state index contributed by atoms with van der Waals surface area (Å²) in [5.74, 6) is 0. The fourth-order valence-corrected chi connectivity index (χ4v) is 4.63. The highest BCUT2D eigenvalue weighted by Crippen LogP contribution is 2.25. The van der Waals surface area contributed by atoms with Crippen LogP contribution in [0.3, 0.4) is 0 Å². The summed E-state index contributed by atoms with van der Waals surface area (Å²) >= 11 is 1.38. The Labute approximate surface area is 139 Å². The minimum Gasteiger partial charge on any atom is -0.278 e. The van der Waals surface area contributed by atoms with Gasteiger partial charge in [0.05, 0.1) is 5.69 Å². The van der Waals surface area contributed by atoms with E-state index in [1.165, 1.54) is 15.9 Å². The predicted octanol–water partition coefficient (Wildman–Crippen LogP) is 3.02. The van der Waals surface area contributed by atoms with Gasteiger partial charge in [0.2, 0.25) is 9.99 Å². The van der Waals surface area contributed by atoms with Crippen molar-refractivity contribution in [1.82, 2.24) is 14.6 Å². The average molecular weight is 350 g/mol. The van der Waals surface area contributed by atoms with Gasteiger partial charge in [0.25, 0.3) is 10.0 Å². The largest absolute Gasteiger partial charge is 0.281 e. The van der Waals surface area contributed by atoms with Gasteiger partial charge in [-0.3, -0.25) is 4.72 Å². The lowest BCUT2D eigenvalue weighted by atomic mass is 10.1. The number of nitrogens with zero attached hydrogens (tertiary/aromatic N) is 3. The fraction of sp³-hybridized carbons (Fsp3) is 0.333. The van der Waals surface area contributed by atoms with Crippen LogP contribution in [0, 0.1) is 6.92 Å². The van der Waals surface area contributed by atoms with Gasteiger partial charge in [-0.2, -0.15) is 18.0 Å². The molecule has 0 aliphatic heterocycles. The number of anilines is 1. The van der Waals surface area contributed by atoms with E-state index in [-0.39, 0.29) is 5.03 Å². The second-order valence-electron chi connectivity index (χ2n) is 5.19. The standard InChI is InChI=1S/C15H18N4O2S2/c1-4-11-7-6-8-12(9-11)18-23(20,21)14-13(5-2)16-15-19(14)17-10(3)22-15/h6-9,18H,4-5H2,1-3H3. The van der Waals surface area contributed by atoms with Crippen LogP contribution in [0.1, 0.15) is 30.1 Å². The zero-order valence-electron chi connectivity index (χ0n) is 13.2. The van der Waals surface area contributed by atoms with Gasteiger partial charge in [0.15, 0.2) is 0 Å². The van der Waals surface area contributed by atoms with Crippen molar-refractivity contribution in [3.05, 3.63) is 40.5 Å². The van der Waals surface area contributed by atoms with Gasteiger partial charge in [-0.05, 0) is 37.5 Å². The lowest BCUT2D eigenvalue weighted by molar-refractivity contribution is 0.591. The van der Waals surface area contributed by atoms with Crippen LogP contribution in [0.4, 0.5) is 5.69 Å². The van der Waals surface area contributed by atoms with Crippen LogP contribution < -0.4 is 4.72 Å². The van der Waals surface area contributed by atoms with Crippen molar-refractivity contribution in [1.29, 1.82) is 0 Å². The molecule has 0 bridgehead atoms. The lowest BCUT2D eigenvalue weighted by Gasteiger charge is -2.09. The maximum atomic E-state index is 12.9. The normalized spacial score (nSPS) is 12.0. The van der Waals surface area contributed by atoms with Crippen LogP contribution >= 0.6 is 11.3 Å². The zero-order valence-corrected chi connectivity index (χ0v) is 14.8. The molecule has 2 heterocycles. The monoisotopic (exact) mass is 350 g/mol. The summed E-state index contributed by atoms with van der Waals surface area (Å²) in [7, 11) is -3.76. The molecule has 0 spiro atoms. The number of imidazole rings is 1. The smallest absolute Gasteiger partial charge is 0.278 e. The SMILES string of the molecule is CCc1cccc(NS(=O)(=O)c2c(CC)nc3sc(C)nn23)c1. The van der Waals surface area contributed by atoms with Gasteiger partial charge in [-0.15, -0.1) is 0 Å². The van der Waals surface area contributed by atoms with Crippen molar-refractivity contribution >= 4 is 32.0 Å². The second-order valence-corrected chi connectivity index (χ2v) is 7.95. The molecule has 0 saturated carbocycles. The molecular formula is C15H18N4O2S2. The highest BCUT2D eigenvalue weighted by atomic mass is 32.2. The molecule has 6 nitrogen and oxygen atoms in total. The minimum atomic E-state index is -3.76. The van der Waals surface area contributed by atoms with E-state index in [0.717, 1.165) is 17.0 Å². The molecule has 0 radical (unpaired) electrons. The Morgan fingerprint density at radius 3 is 2.74 bits per heavy atom. The molecule has 1 N–H and O–H groups in total. The number of aryl methyl sites for hydroxylation is 3. The molecule has 0 unspecified atom stereocenters. The van der Waals surface area contributed by atoms with E-state index in [2.05, 4.69) is 14.8 Å². The number of benzene rings is 1. The zero-order chi connectivity index (χ0) is 16.6. The molecular weight excluding hydrogens is 332 g/mol. The van der Waals surface area contributed by atoms with E-state index < -0.39 is 10.0 Å². The van der Waals surface area contributed by atoms with E-state index >= 15 is 0 Å². The van der Waals surface area contributed by atoms with E-state index in [1.807, 2.05) is 39.0 Å². The van der Waals surface area contributed by atoms with Gasteiger partial charge in [-0.1, -0.05) is 37.3 Å². The highest BCUT2D eigenvalue weighted by Gasteiger charge is 2.26. The van der Waals surface area contributed by atoms with Gasteiger partial charge in [-0.25, -0.2) is 4.98 Å². The van der Waals surface area contributed by atoms with Crippen LogP contribution in [0.15, 0.2) is 29.3 Å². The van der Waals surface area contributed by atoms with Crippen molar-refractivity contribution in [3.63, 3.8) is 0 Å². The maximum absolute atomic E-state index is 12.9. The van der Waals surface area contributed by atoms with Crippen LogP contribution in [-0.4, -0.2) is 23.0 Å². The molecule has 3 aromatic rings. The Hall–Kier alpha value is -1.93. The first-order valence-electron chi connectivity index (χ1n) is 7.41. The van der Waals surface area contributed by atoms with Crippen molar-refractivity contribution in [2.45, 2.75) is 38.6 Å². The Morgan fingerprint density at radius 1 is 1.26 bits per heavy atom. The number of nitrogens with one attached hydrogen (secondary N) is 1. The summed E-state index contributed by atoms with van der Waals surface area (Å²) in [5.41, 5.74) is 2.15. The van der Waals surface area contributed by atoms with Crippen molar-refractivity contribution < 1.29 is 8.42 Å². The fourth-order valence-electron chi connectivity index (χ4n) is 2.42. The Bertz CT molecular complexity index is 957. The molecule has 8 heteroatoms. The average Bonchev–Trinajstić information content (AvgIpc) is 3.02. The summed E-state index contributed by atoms with van der Waals surface area (Å²) in [4.78, 5) is 4.99. The summed E-state index contributed by atoms with van der Waals surface area (Å²) in [6.07, 6.45) is 1.37. The van der Waals surface area contributed by atoms with Gasteiger partial charge < -0.3 is 0 Å². The van der Waals surface area contributed by atoms with Crippen LogP contribution in [-0.2, 0) is 22.9 Å². The van der Waals surface area contributed by atoms with Crippen molar-refractivity contribution in [3.8, 4) is 0 Å². The summed E-state index contributed by atoms with van der Waals surface area (Å²) in [6, 6.07) is 7.40.